The molecule has 25 heavy (non-hydrogen) atoms. The maximum atomic E-state index is 12.2. The minimum atomic E-state index is -0.0455. The van der Waals surface area contributed by atoms with Gasteiger partial charge in [0.15, 0.2) is 0 Å². The average molecular weight is 341 g/mol. The fraction of sp³-hybridized carbons (Fsp3) is 0.444. The predicted octanol–water partition coefficient (Wildman–Crippen LogP) is 2.11. The average Bonchev–Trinajstić information content (AvgIpc) is 3.32. The van der Waals surface area contributed by atoms with Crippen molar-refractivity contribution >= 4 is 17.5 Å². The number of benzene rings is 1. The molecule has 7 nitrogen and oxygen atoms in total. The van der Waals surface area contributed by atoms with E-state index >= 15 is 0 Å². The van der Waals surface area contributed by atoms with Gasteiger partial charge < -0.3 is 10.6 Å². The van der Waals surface area contributed by atoms with E-state index in [1.54, 1.807) is 11.0 Å². The molecule has 3 rings (SSSR count). The first kappa shape index (κ1) is 17.1. The molecule has 0 bridgehead atoms. The lowest BCUT2D eigenvalue weighted by atomic mass is 10.1. The summed E-state index contributed by atoms with van der Waals surface area (Å²) >= 11 is 0. The molecule has 2 N–H and O–H groups in total. The lowest BCUT2D eigenvalue weighted by Gasteiger charge is -2.12. The molecule has 1 aliphatic carbocycles. The molecular formula is C18H23N5O2. The maximum absolute atomic E-state index is 12.2. The largest absolute Gasteiger partial charge is 0.352 e. The number of aromatic nitrogens is 3. The molecule has 0 spiro atoms. The summed E-state index contributed by atoms with van der Waals surface area (Å²) in [5.74, 6) is 0.197. The Balaban J connectivity index is 1.46. The van der Waals surface area contributed by atoms with Crippen molar-refractivity contribution in [3.63, 3.8) is 0 Å². The van der Waals surface area contributed by atoms with E-state index in [0.29, 0.717) is 19.5 Å². The van der Waals surface area contributed by atoms with Gasteiger partial charge in [-0.2, -0.15) is 5.10 Å². The summed E-state index contributed by atoms with van der Waals surface area (Å²) in [5, 5.41) is 9.83. The molecular weight excluding hydrogens is 318 g/mol. The van der Waals surface area contributed by atoms with E-state index in [4.69, 9.17) is 0 Å². The van der Waals surface area contributed by atoms with Gasteiger partial charge in [-0.15, -0.1) is 0 Å². The van der Waals surface area contributed by atoms with Crippen LogP contribution in [0.5, 0.6) is 0 Å². The molecule has 1 saturated carbocycles. The Hall–Kier alpha value is -2.70. The summed E-state index contributed by atoms with van der Waals surface area (Å²) in [5.41, 5.74) is 1.74. The molecule has 0 radical (unpaired) electrons. The standard InChI is InChI=1S/C18H23N5O2/c24-17(8-9-23-13-19-12-21-23)20-11-14-4-3-7-16(10-14)22-18(25)15-5-1-2-6-15/h3-4,7,10,12-13,15H,1-2,5-6,8-9,11H2,(H,20,24)(H,22,25). The molecule has 132 valence electrons. The number of carbonyl (C=O) groups is 2. The van der Waals surface area contributed by atoms with E-state index in [2.05, 4.69) is 20.7 Å². The summed E-state index contributed by atoms with van der Waals surface area (Å²) in [6, 6.07) is 7.61. The number of carbonyl (C=O) groups excluding carboxylic acids is 2. The third kappa shape index (κ3) is 5.14. The molecule has 1 aromatic carbocycles. The molecule has 2 amide bonds. The monoisotopic (exact) mass is 341 g/mol. The number of rotatable bonds is 7. The van der Waals surface area contributed by atoms with Gasteiger partial charge in [-0.05, 0) is 30.5 Å². The van der Waals surface area contributed by atoms with E-state index in [1.807, 2.05) is 24.3 Å². The van der Waals surface area contributed by atoms with Crippen molar-refractivity contribution < 1.29 is 9.59 Å². The molecule has 1 fully saturated rings. The highest BCUT2D eigenvalue weighted by molar-refractivity contribution is 5.92. The van der Waals surface area contributed by atoms with Crippen LogP contribution in [0.4, 0.5) is 5.69 Å². The summed E-state index contributed by atoms with van der Waals surface area (Å²) < 4.78 is 1.62. The number of nitrogens with one attached hydrogen (secondary N) is 2. The second-order valence-electron chi connectivity index (χ2n) is 6.36. The second-order valence-corrected chi connectivity index (χ2v) is 6.36. The highest BCUT2D eigenvalue weighted by atomic mass is 16.2. The van der Waals surface area contributed by atoms with Gasteiger partial charge in [0.25, 0.3) is 0 Å². The number of hydrogen-bond donors (Lipinski definition) is 2. The molecule has 1 heterocycles. The summed E-state index contributed by atoms with van der Waals surface area (Å²) in [6.45, 7) is 0.937. The zero-order valence-corrected chi connectivity index (χ0v) is 14.1. The minimum absolute atomic E-state index is 0.0455. The lowest BCUT2D eigenvalue weighted by molar-refractivity contribution is -0.121. The van der Waals surface area contributed by atoms with Crippen molar-refractivity contribution in [2.24, 2.45) is 5.92 Å². The van der Waals surface area contributed by atoms with E-state index in [-0.39, 0.29) is 17.7 Å². The fourth-order valence-electron chi connectivity index (χ4n) is 3.04. The van der Waals surface area contributed by atoms with Gasteiger partial charge in [-0.1, -0.05) is 25.0 Å². The molecule has 7 heteroatoms. The second kappa shape index (κ2) is 8.41. The van der Waals surface area contributed by atoms with E-state index < -0.39 is 0 Å². The van der Waals surface area contributed by atoms with Crippen LogP contribution in [0.2, 0.25) is 0 Å². The van der Waals surface area contributed by atoms with Gasteiger partial charge in [0.1, 0.15) is 12.7 Å². The van der Waals surface area contributed by atoms with Crippen LogP contribution in [0.25, 0.3) is 0 Å². The fourth-order valence-corrected chi connectivity index (χ4v) is 3.04. The lowest BCUT2D eigenvalue weighted by Crippen LogP contribution is -2.24. The number of amides is 2. The van der Waals surface area contributed by atoms with E-state index in [0.717, 1.165) is 36.9 Å². The Kier molecular flexibility index (Phi) is 5.77. The summed E-state index contributed by atoms with van der Waals surface area (Å²) in [6.07, 6.45) is 7.62. The van der Waals surface area contributed by atoms with Crippen LogP contribution in [-0.4, -0.2) is 26.6 Å². The van der Waals surface area contributed by atoms with E-state index in [1.165, 1.54) is 6.33 Å². The highest BCUT2D eigenvalue weighted by Gasteiger charge is 2.22. The number of anilines is 1. The summed E-state index contributed by atoms with van der Waals surface area (Å²) in [4.78, 5) is 27.9. The molecule has 0 atom stereocenters. The zero-order chi connectivity index (χ0) is 17.5. The van der Waals surface area contributed by atoms with Crippen LogP contribution in [-0.2, 0) is 22.7 Å². The topological polar surface area (TPSA) is 88.9 Å². The van der Waals surface area contributed by atoms with Crippen molar-refractivity contribution in [2.75, 3.05) is 5.32 Å². The quantitative estimate of drug-likeness (QED) is 0.807. The van der Waals surface area contributed by atoms with Crippen molar-refractivity contribution in [1.29, 1.82) is 0 Å². The Labute approximate surface area is 146 Å². The van der Waals surface area contributed by atoms with Crippen molar-refractivity contribution in [1.82, 2.24) is 20.1 Å². The van der Waals surface area contributed by atoms with Gasteiger partial charge in [-0.25, -0.2) is 4.98 Å². The Bertz CT molecular complexity index is 708. The first-order chi connectivity index (χ1) is 12.2. The van der Waals surface area contributed by atoms with Crippen LogP contribution in [0, 0.1) is 5.92 Å². The van der Waals surface area contributed by atoms with Crippen molar-refractivity contribution in [3.8, 4) is 0 Å². The van der Waals surface area contributed by atoms with Gasteiger partial charge in [0.05, 0.1) is 6.54 Å². The van der Waals surface area contributed by atoms with Gasteiger partial charge in [0, 0.05) is 24.6 Å². The minimum Gasteiger partial charge on any atom is -0.352 e. The molecule has 0 saturated heterocycles. The highest BCUT2D eigenvalue weighted by Crippen LogP contribution is 2.26. The SMILES string of the molecule is O=C(CCn1cncn1)NCc1cccc(NC(=O)C2CCCC2)c1. The third-order valence-corrected chi connectivity index (χ3v) is 4.44. The molecule has 0 unspecified atom stereocenters. The Morgan fingerprint density at radius 2 is 2.08 bits per heavy atom. The van der Waals surface area contributed by atoms with Crippen LogP contribution >= 0.6 is 0 Å². The van der Waals surface area contributed by atoms with Gasteiger partial charge in [-0.3, -0.25) is 14.3 Å². The Morgan fingerprint density at radius 3 is 2.84 bits per heavy atom. The predicted molar refractivity (Wildman–Crippen MR) is 93.5 cm³/mol. The van der Waals surface area contributed by atoms with Crippen LogP contribution in [0.15, 0.2) is 36.9 Å². The molecule has 1 aliphatic rings. The molecule has 0 aliphatic heterocycles. The van der Waals surface area contributed by atoms with Crippen molar-refractivity contribution in [2.45, 2.75) is 45.2 Å². The first-order valence-electron chi connectivity index (χ1n) is 8.69. The summed E-state index contributed by atoms with van der Waals surface area (Å²) in [7, 11) is 0. The van der Waals surface area contributed by atoms with Crippen molar-refractivity contribution in [3.05, 3.63) is 42.5 Å². The van der Waals surface area contributed by atoms with Crippen LogP contribution < -0.4 is 10.6 Å². The van der Waals surface area contributed by atoms with E-state index in [9.17, 15) is 9.59 Å². The zero-order valence-electron chi connectivity index (χ0n) is 14.1. The normalized spacial score (nSPS) is 14.4. The first-order valence-corrected chi connectivity index (χ1v) is 8.69. The van der Waals surface area contributed by atoms with Gasteiger partial charge in [0.2, 0.25) is 11.8 Å². The number of hydrogen-bond acceptors (Lipinski definition) is 4. The molecule has 2 aromatic rings. The molecule has 1 aromatic heterocycles. The maximum Gasteiger partial charge on any atom is 0.227 e. The van der Waals surface area contributed by atoms with Gasteiger partial charge >= 0.3 is 0 Å². The van der Waals surface area contributed by atoms with Crippen LogP contribution in [0.3, 0.4) is 0 Å². The number of nitrogens with zero attached hydrogens (tertiary/aromatic N) is 3. The Morgan fingerprint density at radius 1 is 1.24 bits per heavy atom. The number of aryl methyl sites for hydroxylation is 1. The van der Waals surface area contributed by atoms with Crippen LogP contribution in [0.1, 0.15) is 37.7 Å². The smallest absolute Gasteiger partial charge is 0.227 e. The third-order valence-electron chi connectivity index (χ3n) is 4.44.